The number of hydrogen-bond donors (Lipinski definition) is 3. The Morgan fingerprint density at radius 3 is 2.27 bits per heavy atom. The van der Waals surface area contributed by atoms with Gasteiger partial charge in [0, 0.05) is 0 Å². The molecule has 2 unspecified atom stereocenters. The highest BCUT2D eigenvalue weighted by atomic mass is 16.5. The first-order valence-electron chi connectivity index (χ1n) is 7.27. The Morgan fingerprint density at radius 1 is 1.00 bits per heavy atom. The van der Waals surface area contributed by atoms with Gasteiger partial charge in [0.05, 0.1) is 13.2 Å². The van der Waals surface area contributed by atoms with Crippen LogP contribution in [0.5, 0.6) is 5.75 Å². The van der Waals surface area contributed by atoms with Gasteiger partial charge in [-0.2, -0.15) is 0 Å². The molecule has 0 amide bonds. The van der Waals surface area contributed by atoms with E-state index in [1.54, 1.807) is 24.3 Å². The number of hydrogen-bond acceptors (Lipinski definition) is 4. The Labute approximate surface area is 130 Å². The highest BCUT2D eigenvalue weighted by Gasteiger charge is 2.22. The van der Waals surface area contributed by atoms with Crippen molar-refractivity contribution in [1.29, 1.82) is 0 Å². The van der Waals surface area contributed by atoms with Gasteiger partial charge in [0.25, 0.3) is 0 Å². The van der Waals surface area contributed by atoms with Gasteiger partial charge in [-0.3, -0.25) is 0 Å². The SMILES string of the molecule is Cc1ccc(OC(CO)C(O)c2ccc(C)c(CO)c2)cc1. The molecule has 3 N–H and O–H groups in total. The summed E-state index contributed by atoms with van der Waals surface area (Å²) in [5, 5.41) is 29.3. The molecule has 0 radical (unpaired) electrons. The van der Waals surface area contributed by atoms with Crippen LogP contribution in [0.25, 0.3) is 0 Å². The van der Waals surface area contributed by atoms with E-state index in [0.29, 0.717) is 11.3 Å². The summed E-state index contributed by atoms with van der Waals surface area (Å²) < 4.78 is 5.68. The molecular formula is C18H22O4. The molecule has 0 saturated heterocycles. The molecule has 0 heterocycles. The van der Waals surface area contributed by atoms with Crippen molar-refractivity contribution < 1.29 is 20.1 Å². The van der Waals surface area contributed by atoms with Crippen LogP contribution in [0.2, 0.25) is 0 Å². The van der Waals surface area contributed by atoms with Crippen LogP contribution in [-0.2, 0) is 6.61 Å². The Hall–Kier alpha value is -1.88. The Bertz CT molecular complexity index is 607. The molecule has 4 nitrogen and oxygen atoms in total. The Balaban J connectivity index is 2.17. The zero-order chi connectivity index (χ0) is 16.1. The lowest BCUT2D eigenvalue weighted by Gasteiger charge is -2.23. The van der Waals surface area contributed by atoms with Gasteiger partial charge in [-0.1, -0.05) is 35.9 Å². The minimum atomic E-state index is -0.975. The molecule has 0 aliphatic rings. The van der Waals surface area contributed by atoms with Crippen LogP contribution in [0.1, 0.15) is 28.4 Å². The summed E-state index contributed by atoms with van der Waals surface area (Å²) in [5.41, 5.74) is 3.43. The normalized spacial score (nSPS) is 13.7. The molecule has 0 saturated carbocycles. The van der Waals surface area contributed by atoms with E-state index >= 15 is 0 Å². The van der Waals surface area contributed by atoms with Crippen molar-refractivity contribution in [3.05, 3.63) is 64.7 Å². The Kier molecular flexibility index (Phi) is 5.55. The first-order chi connectivity index (χ1) is 10.5. The molecule has 2 atom stereocenters. The maximum Gasteiger partial charge on any atom is 0.152 e. The molecule has 2 aromatic carbocycles. The summed E-state index contributed by atoms with van der Waals surface area (Å²) in [6.45, 7) is 3.48. The molecule has 2 rings (SSSR count). The summed E-state index contributed by atoms with van der Waals surface area (Å²) in [5.74, 6) is 0.596. The van der Waals surface area contributed by atoms with Crippen LogP contribution in [0.4, 0.5) is 0 Å². The van der Waals surface area contributed by atoms with Crippen LogP contribution >= 0.6 is 0 Å². The van der Waals surface area contributed by atoms with E-state index in [9.17, 15) is 15.3 Å². The van der Waals surface area contributed by atoms with Gasteiger partial charge in [-0.25, -0.2) is 0 Å². The van der Waals surface area contributed by atoms with Crippen molar-refractivity contribution in [3.63, 3.8) is 0 Å². The third kappa shape index (κ3) is 3.85. The van der Waals surface area contributed by atoms with E-state index in [-0.39, 0.29) is 13.2 Å². The molecule has 0 aliphatic carbocycles. The Morgan fingerprint density at radius 2 is 1.68 bits per heavy atom. The van der Waals surface area contributed by atoms with Crippen LogP contribution in [0.3, 0.4) is 0 Å². The lowest BCUT2D eigenvalue weighted by atomic mass is 9.99. The molecule has 2 aromatic rings. The van der Waals surface area contributed by atoms with Gasteiger partial charge in [0.1, 0.15) is 11.9 Å². The standard InChI is InChI=1S/C18H22O4/c1-12-3-7-16(8-4-12)22-17(11-20)18(21)14-6-5-13(2)15(9-14)10-19/h3-9,17-21H,10-11H2,1-2H3. The van der Waals surface area contributed by atoms with Gasteiger partial charge < -0.3 is 20.1 Å². The van der Waals surface area contributed by atoms with Crippen LogP contribution in [-0.4, -0.2) is 28.0 Å². The van der Waals surface area contributed by atoms with Crippen LogP contribution in [0, 0.1) is 13.8 Å². The highest BCUT2D eigenvalue weighted by molar-refractivity contribution is 5.33. The summed E-state index contributed by atoms with van der Waals surface area (Å²) in [6, 6.07) is 12.8. The van der Waals surface area contributed by atoms with E-state index in [1.165, 1.54) is 0 Å². The second-order valence-corrected chi connectivity index (χ2v) is 5.44. The van der Waals surface area contributed by atoms with Crippen molar-refractivity contribution >= 4 is 0 Å². The van der Waals surface area contributed by atoms with Crippen LogP contribution in [0.15, 0.2) is 42.5 Å². The number of benzene rings is 2. The van der Waals surface area contributed by atoms with Crippen molar-refractivity contribution in [1.82, 2.24) is 0 Å². The smallest absolute Gasteiger partial charge is 0.152 e. The minimum Gasteiger partial charge on any atom is -0.485 e. The first kappa shape index (κ1) is 16.5. The molecule has 118 valence electrons. The quantitative estimate of drug-likeness (QED) is 0.765. The summed E-state index contributed by atoms with van der Waals surface area (Å²) in [7, 11) is 0. The van der Waals surface area contributed by atoms with E-state index < -0.39 is 12.2 Å². The third-order valence-corrected chi connectivity index (χ3v) is 3.73. The fourth-order valence-electron chi connectivity index (χ4n) is 2.25. The van der Waals surface area contributed by atoms with Crippen molar-refractivity contribution in [2.24, 2.45) is 0 Å². The first-order valence-corrected chi connectivity index (χ1v) is 7.27. The molecule has 0 bridgehead atoms. The van der Waals surface area contributed by atoms with Gasteiger partial charge in [-0.15, -0.1) is 0 Å². The summed E-state index contributed by atoms with van der Waals surface area (Å²) in [4.78, 5) is 0. The molecule has 0 aliphatic heterocycles. The van der Waals surface area contributed by atoms with E-state index in [4.69, 9.17) is 4.74 Å². The monoisotopic (exact) mass is 302 g/mol. The maximum atomic E-state index is 10.4. The van der Waals surface area contributed by atoms with Gasteiger partial charge >= 0.3 is 0 Å². The predicted molar refractivity (Wildman–Crippen MR) is 84.7 cm³/mol. The molecular weight excluding hydrogens is 280 g/mol. The number of ether oxygens (including phenoxy) is 1. The minimum absolute atomic E-state index is 0.0883. The highest BCUT2D eigenvalue weighted by Crippen LogP contribution is 2.24. The summed E-state index contributed by atoms with van der Waals surface area (Å²) >= 11 is 0. The number of rotatable bonds is 6. The van der Waals surface area contributed by atoms with Gasteiger partial charge in [0.2, 0.25) is 0 Å². The second kappa shape index (κ2) is 7.40. The van der Waals surface area contributed by atoms with E-state index in [0.717, 1.165) is 16.7 Å². The third-order valence-electron chi connectivity index (χ3n) is 3.73. The van der Waals surface area contributed by atoms with E-state index in [1.807, 2.05) is 32.0 Å². The van der Waals surface area contributed by atoms with Crippen molar-refractivity contribution in [2.45, 2.75) is 32.7 Å². The zero-order valence-corrected chi connectivity index (χ0v) is 12.9. The van der Waals surface area contributed by atoms with Crippen LogP contribution < -0.4 is 4.74 Å². The number of aryl methyl sites for hydroxylation is 2. The molecule has 4 heteroatoms. The topological polar surface area (TPSA) is 69.9 Å². The fourth-order valence-corrected chi connectivity index (χ4v) is 2.25. The van der Waals surface area contributed by atoms with E-state index in [2.05, 4.69) is 0 Å². The number of aliphatic hydroxyl groups excluding tert-OH is 3. The van der Waals surface area contributed by atoms with Gasteiger partial charge in [0.15, 0.2) is 6.10 Å². The van der Waals surface area contributed by atoms with Gasteiger partial charge in [-0.05, 0) is 42.7 Å². The molecule has 22 heavy (non-hydrogen) atoms. The average Bonchev–Trinajstić information content (AvgIpc) is 2.54. The lowest BCUT2D eigenvalue weighted by molar-refractivity contribution is 0.000698. The predicted octanol–water partition coefficient (Wildman–Crippen LogP) is 2.27. The zero-order valence-electron chi connectivity index (χ0n) is 12.9. The van der Waals surface area contributed by atoms with Crippen molar-refractivity contribution in [3.8, 4) is 5.75 Å². The fraction of sp³-hybridized carbons (Fsp3) is 0.333. The number of aliphatic hydroxyl groups is 3. The lowest BCUT2D eigenvalue weighted by Crippen LogP contribution is -2.29. The second-order valence-electron chi connectivity index (χ2n) is 5.44. The summed E-state index contributed by atoms with van der Waals surface area (Å²) in [6.07, 6.45) is -1.74. The molecule has 0 aromatic heterocycles. The molecule has 0 fully saturated rings. The van der Waals surface area contributed by atoms with Crippen molar-refractivity contribution in [2.75, 3.05) is 6.61 Å². The average molecular weight is 302 g/mol. The maximum absolute atomic E-state index is 10.4. The molecule has 0 spiro atoms. The largest absolute Gasteiger partial charge is 0.485 e.